The summed E-state index contributed by atoms with van der Waals surface area (Å²) in [5.74, 6) is 0.606. The fourth-order valence-corrected chi connectivity index (χ4v) is 2.87. The van der Waals surface area contributed by atoms with E-state index in [0.717, 1.165) is 26.3 Å². The summed E-state index contributed by atoms with van der Waals surface area (Å²) in [6.45, 7) is 3.76. The van der Waals surface area contributed by atoms with E-state index in [4.69, 9.17) is 20.8 Å². The van der Waals surface area contributed by atoms with E-state index in [0.29, 0.717) is 28.4 Å². The van der Waals surface area contributed by atoms with Crippen LogP contribution in [0.2, 0.25) is 5.02 Å². The average molecular weight is 369 g/mol. The molecule has 1 aliphatic heterocycles. The predicted octanol–water partition coefficient (Wildman–Crippen LogP) is 2.29. The van der Waals surface area contributed by atoms with E-state index >= 15 is 0 Å². The van der Waals surface area contributed by atoms with Crippen molar-refractivity contribution in [2.45, 2.75) is 11.8 Å². The molecule has 1 fully saturated rings. The van der Waals surface area contributed by atoms with Gasteiger partial charge in [-0.25, -0.2) is 0 Å². The Kier molecular flexibility index (Phi) is 6.08. The first-order valence-corrected chi connectivity index (χ1v) is 8.86. The molecule has 128 valence electrons. The number of morpholine rings is 1. The van der Waals surface area contributed by atoms with Gasteiger partial charge in [0, 0.05) is 23.8 Å². The highest BCUT2D eigenvalue weighted by Crippen LogP contribution is 2.18. The van der Waals surface area contributed by atoms with Gasteiger partial charge in [-0.1, -0.05) is 23.4 Å². The molecule has 1 aliphatic rings. The van der Waals surface area contributed by atoms with Crippen LogP contribution in [0.15, 0.2) is 33.9 Å². The van der Waals surface area contributed by atoms with Crippen LogP contribution in [0.4, 0.5) is 5.69 Å². The zero-order chi connectivity index (χ0) is 16.8. The summed E-state index contributed by atoms with van der Waals surface area (Å²) in [6, 6.07) is 6.94. The van der Waals surface area contributed by atoms with E-state index in [1.165, 1.54) is 11.8 Å². The van der Waals surface area contributed by atoms with Crippen LogP contribution in [0.1, 0.15) is 5.89 Å². The van der Waals surface area contributed by atoms with Crippen LogP contribution in [0.25, 0.3) is 0 Å². The summed E-state index contributed by atoms with van der Waals surface area (Å²) in [7, 11) is 0. The van der Waals surface area contributed by atoms with Crippen molar-refractivity contribution in [2.75, 3.05) is 37.4 Å². The first kappa shape index (κ1) is 17.2. The lowest BCUT2D eigenvalue weighted by atomic mass is 10.3. The number of anilines is 1. The average Bonchev–Trinajstić information content (AvgIpc) is 3.03. The quantitative estimate of drug-likeness (QED) is 0.783. The highest BCUT2D eigenvalue weighted by Gasteiger charge is 2.15. The summed E-state index contributed by atoms with van der Waals surface area (Å²) < 4.78 is 10.9. The minimum atomic E-state index is -0.143. The monoisotopic (exact) mass is 368 g/mol. The molecular formula is C15H17ClN4O3S. The van der Waals surface area contributed by atoms with Crippen LogP contribution in [-0.2, 0) is 16.1 Å². The van der Waals surface area contributed by atoms with Crippen LogP contribution in [0, 0.1) is 0 Å². The van der Waals surface area contributed by atoms with E-state index in [1.807, 2.05) is 0 Å². The van der Waals surface area contributed by atoms with E-state index in [2.05, 4.69) is 20.4 Å². The summed E-state index contributed by atoms with van der Waals surface area (Å²) in [5.41, 5.74) is 0.698. The van der Waals surface area contributed by atoms with Crippen molar-refractivity contribution in [1.82, 2.24) is 15.1 Å². The highest BCUT2D eigenvalue weighted by molar-refractivity contribution is 7.99. The van der Waals surface area contributed by atoms with Gasteiger partial charge in [-0.15, -0.1) is 10.2 Å². The number of halogens is 1. The van der Waals surface area contributed by atoms with Gasteiger partial charge in [0.2, 0.25) is 11.8 Å². The first-order chi connectivity index (χ1) is 11.7. The number of amides is 1. The van der Waals surface area contributed by atoms with Crippen molar-refractivity contribution < 1.29 is 13.9 Å². The molecule has 0 radical (unpaired) electrons. The van der Waals surface area contributed by atoms with Gasteiger partial charge in [-0.05, 0) is 24.3 Å². The number of carbonyl (C=O) groups excluding carboxylic acids is 1. The molecule has 2 heterocycles. The lowest BCUT2D eigenvalue weighted by Crippen LogP contribution is -2.35. The van der Waals surface area contributed by atoms with Gasteiger partial charge in [-0.2, -0.15) is 0 Å². The second kappa shape index (κ2) is 8.48. The molecule has 0 aliphatic carbocycles. The van der Waals surface area contributed by atoms with E-state index in [-0.39, 0.29) is 11.7 Å². The van der Waals surface area contributed by atoms with E-state index in [9.17, 15) is 4.79 Å². The smallest absolute Gasteiger partial charge is 0.277 e. The molecule has 3 rings (SSSR count). The van der Waals surface area contributed by atoms with Crippen LogP contribution < -0.4 is 5.32 Å². The van der Waals surface area contributed by atoms with E-state index in [1.54, 1.807) is 24.3 Å². The molecule has 9 heteroatoms. The summed E-state index contributed by atoms with van der Waals surface area (Å²) >= 11 is 7.02. The fraction of sp³-hybridized carbons (Fsp3) is 0.400. The first-order valence-electron chi connectivity index (χ1n) is 7.50. The van der Waals surface area contributed by atoms with Crippen molar-refractivity contribution in [2.24, 2.45) is 0 Å². The second-order valence-electron chi connectivity index (χ2n) is 5.19. The van der Waals surface area contributed by atoms with Gasteiger partial charge < -0.3 is 14.5 Å². The third-order valence-corrected chi connectivity index (χ3v) is 4.44. The molecule has 7 nitrogen and oxygen atoms in total. The summed E-state index contributed by atoms with van der Waals surface area (Å²) in [5, 5.41) is 11.8. The number of ether oxygens (including phenoxy) is 1. The minimum absolute atomic E-state index is 0.143. The molecule has 24 heavy (non-hydrogen) atoms. The number of hydrogen-bond acceptors (Lipinski definition) is 7. The highest BCUT2D eigenvalue weighted by atomic mass is 35.5. The number of hydrogen-bond donors (Lipinski definition) is 1. The molecule has 0 bridgehead atoms. The van der Waals surface area contributed by atoms with Gasteiger partial charge in [-0.3, -0.25) is 9.69 Å². The van der Waals surface area contributed by atoms with Crippen LogP contribution in [-0.4, -0.2) is 53.1 Å². The second-order valence-corrected chi connectivity index (χ2v) is 6.56. The molecule has 1 aromatic carbocycles. The Labute approximate surface area is 148 Å². The zero-order valence-corrected chi connectivity index (χ0v) is 14.5. The SMILES string of the molecule is O=C(CSc1nnc(CN2CCOCC2)o1)Nc1ccc(Cl)cc1. The van der Waals surface area contributed by atoms with Crippen molar-refractivity contribution in [3.05, 3.63) is 35.2 Å². The lowest BCUT2D eigenvalue weighted by molar-refractivity contribution is -0.113. The Balaban J connectivity index is 1.44. The summed E-state index contributed by atoms with van der Waals surface area (Å²) in [4.78, 5) is 14.1. The van der Waals surface area contributed by atoms with Crippen molar-refractivity contribution in [3.8, 4) is 0 Å². The van der Waals surface area contributed by atoms with Crippen molar-refractivity contribution >= 4 is 35.0 Å². The maximum Gasteiger partial charge on any atom is 0.277 e. The number of thioether (sulfide) groups is 1. The number of nitrogens with zero attached hydrogens (tertiary/aromatic N) is 3. The zero-order valence-electron chi connectivity index (χ0n) is 12.9. The number of carbonyl (C=O) groups is 1. The molecule has 2 aromatic rings. The Hall–Kier alpha value is -1.61. The third-order valence-electron chi connectivity index (χ3n) is 3.37. The number of nitrogens with one attached hydrogen (secondary N) is 1. The Morgan fingerprint density at radius 1 is 1.25 bits per heavy atom. The van der Waals surface area contributed by atoms with Crippen LogP contribution in [0.5, 0.6) is 0 Å². The van der Waals surface area contributed by atoms with Gasteiger partial charge >= 0.3 is 0 Å². The molecule has 0 atom stereocenters. The van der Waals surface area contributed by atoms with Crippen LogP contribution >= 0.6 is 23.4 Å². The lowest BCUT2D eigenvalue weighted by Gasteiger charge is -2.24. The molecule has 0 spiro atoms. The topological polar surface area (TPSA) is 80.5 Å². The van der Waals surface area contributed by atoms with E-state index < -0.39 is 0 Å². The molecule has 1 saturated heterocycles. The fourth-order valence-electron chi connectivity index (χ4n) is 2.17. The standard InChI is InChI=1S/C15H17ClN4O3S/c16-11-1-3-12(4-2-11)17-13(21)10-24-15-19-18-14(23-15)9-20-5-7-22-8-6-20/h1-4H,5-10H2,(H,17,21). The normalized spacial score (nSPS) is 15.4. The van der Waals surface area contributed by atoms with Crippen LogP contribution in [0.3, 0.4) is 0 Å². The maximum absolute atomic E-state index is 11.9. The number of benzene rings is 1. The minimum Gasteiger partial charge on any atom is -0.415 e. The largest absolute Gasteiger partial charge is 0.415 e. The molecule has 0 saturated carbocycles. The number of aromatic nitrogens is 2. The molecular weight excluding hydrogens is 352 g/mol. The number of rotatable bonds is 6. The van der Waals surface area contributed by atoms with Gasteiger partial charge in [0.1, 0.15) is 0 Å². The van der Waals surface area contributed by atoms with Gasteiger partial charge in [0.15, 0.2) is 0 Å². The Bertz CT molecular complexity index is 674. The third kappa shape index (κ3) is 5.20. The van der Waals surface area contributed by atoms with Gasteiger partial charge in [0.05, 0.1) is 25.5 Å². The summed E-state index contributed by atoms with van der Waals surface area (Å²) in [6.07, 6.45) is 0. The molecule has 1 amide bonds. The molecule has 1 N–H and O–H groups in total. The van der Waals surface area contributed by atoms with Crippen molar-refractivity contribution in [1.29, 1.82) is 0 Å². The molecule has 1 aromatic heterocycles. The maximum atomic E-state index is 11.9. The molecule has 0 unspecified atom stereocenters. The Morgan fingerprint density at radius 3 is 2.75 bits per heavy atom. The van der Waals surface area contributed by atoms with Crippen molar-refractivity contribution in [3.63, 3.8) is 0 Å². The predicted molar refractivity (Wildman–Crippen MR) is 91.2 cm³/mol. The Morgan fingerprint density at radius 2 is 2.00 bits per heavy atom. The van der Waals surface area contributed by atoms with Gasteiger partial charge in [0.25, 0.3) is 5.22 Å².